The molecule has 0 spiro atoms. The molecule has 0 saturated carbocycles. The van der Waals surface area contributed by atoms with Gasteiger partial charge in [-0.1, -0.05) is 18.2 Å². The zero-order valence-electron chi connectivity index (χ0n) is 15.1. The van der Waals surface area contributed by atoms with Gasteiger partial charge < -0.3 is 10.2 Å². The summed E-state index contributed by atoms with van der Waals surface area (Å²) in [6, 6.07) is 9.67. The highest BCUT2D eigenvalue weighted by Crippen LogP contribution is 2.33. The van der Waals surface area contributed by atoms with E-state index in [9.17, 15) is 4.79 Å². The molecule has 7 nitrogen and oxygen atoms in total. The van der Waals surface area contributed by atoms with E-state index in [0.29, 0.717) is 12.3 Å². The van der Waals surface area contributed by atoms with Crippen molar-refractivity contribution in [1.82, 2.24) is 19.6 Å². The fraction of sp³-hybridized carbons (Fsp3) is 0.400. The first-order valence-electron chi connectivity index (χ1n) is 9.62. The lowest BCUT2D eigenvalue weighted by Gasteiger charge is -2.34. The highest BCUT2D eigenvalue weighted by Gasteiger charge is 2.31. The van der Waals surface area contributed by atoms with Gasteiger partial charge in [-0.25, -0.2) is 4.98 Å². The number of rotatable bonds is 3. The van der Waals surface area contributed by atoms with Gasteiger partial charge in [-0.2, -0.15) is 14.6 Å². The number of hydrogen-bond acceptors (Lipinski definition) is 5. The van der Waals surface area contributed by atoms with Crippen molar-refractivity contribution in [2.45, 2.75) is 32.1 Å². The third kappa shape index (κ3) is 2.93. The van der Waals surface area contributed by atoms with Crippen LogP contribution in [0.4, 0.5) is 11.5 Å². The number of para-hydroxylation sites is 1. The Hall–Kier alpha value is -2.96. The molecule has 27 heavy (non-hydrogen) atoms. The number of piperidine rings is 1. The van der Waals surface area contributed by atoms with E-state index in [2.05, 4.69) is 25.3 Å². The normalized spacial score (nSPS) is 19.3. The number of aromatic nitrogens is 4. The van der Waals surface area contributed by atoms with E-state index in [1.807, 2.05) is 34.8 Å². The first-order chi connectivity index (χ1) is 13.3. The Bertz CT molecular complexity index is 983. The van der Waals surface area contributed by atoms with Crippen LogP contribution in [0.1, 0.15) is 30.5 Å². The number of aryl methyl sites for hydroxylation is 1. The second kappa shape index (κ2) is 6.64. The summed E-state index contributed by atoms with van der Waals surface area (Å²) in [5.74, 6) is 1.79. The molecule has 138 valence electrons. The number of fused-ring (bicyclic) bond motifs is 2. The van der Waals surface area contributed by atoms with Gasteiger partial charge in [-0.05, 0) is 44.2 Å². The molecule has 2 aliphatic rings. The summed E-state index contributed by atoms with van der Waals surface area (Å²) < 4.78 is 1.85. The van der Waals surface area contributed by atoms with Gasteiger partial charge in [0.15, 0.2) is 0 Å². The van der Waals surface area contributed by atoms with E-state index in [-0.39, 0.29) is 11.8 Å². The van der Waals surface area contributed by atoms with Crippen LogP contribution in [0.15, 0.2) is 36.7 Å². The van der Waals surface area contributed by atoms with Crippen molar-refractivity contribution in [3.8, 4) is 0 Å². The third-order valence-corrected chi connectivity index (χ3v) is 5.56. The molecule has 3 heterocycles. The molecule has 0 unspecified atom stereocenters. The Morgan fingerprint density at radius 3 is 2.93 bits per heavy atom. The van der Waals surface area contributed by atoms with Gasteiger partial charge in [-0.3, -0.25) is 4.79 Å². The van der Waals surface area contributed by atoms with Crippen molar-refractivity contribution in [1.29, 1.82) is 0 Å². The number of nitrogens with zero attached hydrogens (tertiary/aromatic N) is 5. The summed E-state index contributed by atoms with van der Waals surface area (Å²) in [6.07, 6.45) is 6.59. The first-order valence-corrected chi connectivity index (χ1v) is 9.62. The molecule has 1 aromatic carbocycles. The van der Waals surface area contributed by atoms with Crippen LogP contribution in [0.25, 0.3) is 5.78 Å². The molecule has 3 aromatic rings. The van der Waals surface area contributed by atoms with Gasteiger partial charge in [0.25, 0.3) is 5.78 Å². The molecule has 5 rings (SSSR count). The van der Waals surface area contributed by atoms with Crippen LogP contribution in [-0.2, 0) is 17.6 Å². The Labute approximate surface area is 157 Å². The second-order valence-electron chi connectivity index (χ2n) is 7.33. The minimum Gasteiger partial charge on any atom is -0.355 e. The largest absolute Gasteiger partial charge is 0.355 e. The minimum atomic E-state index is -0.0391. The Morgan fingerprint density at radius 1 is 1.15 bits per heavy atom. The van der Waals surface area contributed by atoms with Gasteiger partial charge in [0.2, 0.25) is 5.91 Å². The number of benzene rings is 1. The van der Waals surface area contributed by atoms with E-state index in [1.54, 1.807) is 6.33 Å². The number of hydrogen-bond donors (Lipinski definition) is 1. The summed E-state index contributed by atoms with van der Waals surface area (Å²) in [5, 5.41) is 7.47. The number of anilines is 2. The summed E-state index contributed by atoms with van der Waals surface area (Å²) in [6.45, 7) is 1.63. The van der Waals surface area contributed by atoms with Crippen molar-refractivity contribution in [3.63, 3.8) is 0 Å². The highest BCUT2D eigenvalue weighted by atomic mass is 16.1. The average molecular weight is 362 g/mol. The molecule has 1 fully saturated rings. The van der Waals surface area contributed by atoms with E-state index in [0.717, 1.165) is 55.8 Å². The van der Waals surface area contributed by atoms with Crippen LogP contribution in [-0.4, -0.2) is 38.6 Å². The molecule has 1 amide bonds. The molecule has 1 saturated heterocycles. The molecular weight excluding hydrogens is 340 g/mol. The molecule has 2 aromatic heterocycles. The zero-order valence-corrected chi connectivity index (χ0v) is 15.1. The standard InChI is InChI=1S/C20H22N6O/c27-18(23-15-7-2-1-3-8-15)14-6-5-11-25(12-14)19-16-9-4-10-17(16)24-20-21-13-22-26(19)20/h1-3,7-8,13-14H,4-6,9-12H2,(H,23,27)/t14-/m1/s1. The fourth-order valence-corrected chi connectivity index (χ4v) is 4.28. The Balaban J connectivity index is 1.43. The van der Waals surface area contributed by atoms with Crippen LogP contribution >= 0.6 is 0 Å². The lowest BCUT2D eigenvalue weighted by molar-refractivity contribution is -0.120. The van der Waals surface area contributed by atoms with Gasteiger partial charge in [-0.15, -0.1) is 0 Å². The number of amides is 1. The van der Waals surface area contributed by atoms with Crippen LogP contribution in [0, 0.1) is 5.92 Å². The quantitative estimate of drug-likeness (QED) is 0.775. The average Bonchev–Trinajstić information content (AvgIpc) is 3.35. The number of carbonyl (C=O) groups excluding carboxylic acids is 1. The lowest BCUT2D eigenvalue weighted by atomic mass is 9.96. The topological polar surface area (TPSA) is 75.4 Å². The van der Waals surface area contributed by atoms with Gasteiger partial charge in [0.05, 0.1) is 11.6 Å². The van der Waals surface area contributed by atoms with Gasteiger partial charge in [0, 0.05) is 24.3 Å². The molecule has 1 N–H and O–H groups in total. The van der Waals surface area contributed by atoms with E-state index < -0.39 is 0 Å². The van der Waals surface area contributed by atoms with Crippen LogP contribution < -0.4 is 10.2 Å². The van der Waals surface area contributed by atoms with Gasteiger partial charge >= 0.3 is 0 Å². The van der Waals surface area contributed by atoms with Crippen LogP contribution in [0.2, 0.25) is 0 Å². The number of carbonyl (C=O) groups is 1. The minimum absolute atomic E-state index is 0.0391. The molecule has 1 aliphatic carbocycles. The van der Waals surface area contributed by atoms with Crippen molar-refractivity contribution < 1.29 is 4.79 Å². The van der Waals surface area contributed by atoms with Gasteiger partial charge in [0.1, 0.15) is 12.1 Å². The summed E-state index contributed by atoms with van der Waals surface area (Å²) in [5.41, 5.74) is 3.27. The van der Waals surface area contributed by atoms with E-state index >= 15 is 0 Å². The smallest absolute Gasteiger partial charge is 0.254 e. The third-order valence-electron chi connectivity index (χ3n) is 5.56. The SMILES string of the molecule is O=C(Nc1ccccc1)[C@@H]1CCCN(c2c3c(nc4ncnn24)CCC3)C1. The maximum atomic E-state index is 12.8. The maximum Gasteiger partial charge on any atom is 0.254 e. The van der Waals surface area contributed by atoms with Crippen LogP contribution in [0.5, 0.6) is 0 Å². The molecular formula is C20H22N6O. The van der Waals surface area contributed by atoms with Crippen molar-refractivity contribution >= 4 is 23.2 Å². The molecule has 7 heteroatoms. The zero-order chi connectivity index (χ0) is 18.2. The molecule has 0 radical (unpaired) electrons. The maximum absolute atomic E-state index is 12.8. The first kappa shape index (κ1) is 16.2. The summed E-state index contributed by atoms with van der Waals surface area (Å²) >= 11 is 0. The number of nitrogens with one attached hydrogen (secondary N) is 1. The highest BCUT2D eigenvalue weighted by molar-refractivity contribution is 5.93. The second-order valence-corrected chi connectivity index (χ2v) is 7.33. The summed E-state index contributed by atoms with van der Waals surface area (Å²) in [4.78, 5) is 24.1. The predicted octanol–water partition coefficient (Wildman–Crippen LogP) is 2.47. The molecule has 0 bridgehead atoms. The monoisotopic (exact) mass is 362 g/mol. The van der Waals surface area contributed by atoms with Crippen LogP contribution in [0.3, 0.4) is 0 Å². The molecule has 1 aliphatic heterocycles. The molecule has 1 atom stereocenters. The van der Waals surface area contributed by atoms with Crippen molar-refractivity contribution in [3.05, 3.63) is 47.9 Å². The van der Waals surface area contributed by atoms with E-state index in [4.69, 9.17) is 0 Å². The predicted molar refractivity (Wildman–Crippen MR) is 103 cm³/mol. The van der Waals surface area contributed by atoms with E-state index in [1.165, 1.54) is 5.56 Å². The lowest BCUT2D eigenvalue weighted by Crippen LogP contribution is -2.42. The van der Waals surface area contributed by atoms with Crippen molar-refractivity contribution in [2.24, 2.45) is 5.92 Å². The Morgan fingerprint density at radius 2 is 2.04 bits per heavy atom. The summed E-state index contributed by atoms with van der Waals surface area (Å²) in [7, 11) is 0. The fourth-order valence-electron chi connectivity index (χ4n) is 4.28. The van der Waals surface area contributed by atoms with Crippen molar-refractivity contribution in [2.75, 3.05) is 23.3 Å². The Kier molecular flexibility index (Phi) is 3.99.